The molecule has 0 saturated carbocycles. The van der Waals surface area contributed by atoms with E-state index in [1.54, 1.807) is 0 Å². The topological polar surface area (TPSA) is 22.0 Å². The summed E-state index contributed by atoms with van der Waals surface area (Å²) in [7, 11) is 0. The number of carbonyl (C=O) groups is 1. The second-order valence-electron chi connectivity index (χ2n) is 4.20. The van der Waals surface area contributed by atoms with E-state index in [-0.39, 0.29) is 0 Å². The minimum absolute atomic E-state index is 0.697. The summed E-state index contributed by atoms with van der Waals surface area (Å²) < 4.78 is 1.98. The molecule has 2 rings (SSSR count). The summed E-state index contributed by atoms with van der Waals surface area (Å²) in [6.07, 6.45) is 0.894. The van der Waals surface area contributed by atoms with Crippen LogP contribution < -0.4 is 0 Å². The molecule has 0 N–H and O–H groups in total. The number of carbonyl (C=O) groups excluding carboxylic acids is 1. The van der Waals surface area contributed by atoms with Crippen molar-refractivity contribution in [2.75, 3.05) is 0 Å². The molecule has 0 aliphatic carbocycles. The van der Waals surface area contributed by atoms with E-state index in [4.69, 9.17) is 0 Å². The zero-order chi connectivity index (χ0) is 11.7. The lowest BCUT2D eigenvalue weighted by atomic mass is 10.1. The maximum atomic E-state index is 11.0. The molecule has 0 radical (unpaired) electrons. The molecule has 0 unspecified atom stereocenters. The van der Waals surface area contributed by atoms with Gasteiger partial charge in [-0.1, -0.05) is 6.07 Å². The fourth-order valence-corrected chi connectivity index (χ4v) is 2.08. The average Bonchev–Trinajstić information content (AvgIpc) is 2.58. The Kier molecular flexibility index (Phi) is 2.65. The van der Waals surface area contributed by atoms with Gasteiger partial charge in [0.15, 0.2) is 6.29 Å². The summed E-state index contributed by atoms with van der Waals surface area (Å²) in [6, 6.07) is 10.1. The van der Waals surface area contributed by atoms with Crippen LogP contribution >= 0.6 is 0 Å². The van der Waals surface area contributed by atoms with Crippen LogP contribution in [-0.4, -0.2) is 10.9 Å². The third-order valence-electron chi connectivity index (χ3n) is 2.69. The van der Waals surface area contributed by atoms with Crippen molar-refractivity contribution in [3.05, 3.63) is 52.8 Å². The van der Waals surface area contributed by atoms with Crippen molar-refractivity contribution in [3.63, 3.8) is 0 Å². The predicted molar refractivity (Wildman–Crippen MR) is 65.4 cm³/mol. The van der Waals surface area contributed by atoms with Crippen molar-refractivity contribution >= 4 is 6.29 Å². The zero-order valence-electron chi connectivity index (χ0n) is 9.82. The summed E-state index contributed by atoms with van der Waals surface area (Å²) >= 11 is 0. The van der Waals surface area contributed by atoms with Crippen molar-refractivity contribution in [1.29, 1.82) is 0 Å². The molecule has 0 amide bonds. The van der Waals surface area contributed by atoms with E-state index in [0.29, 0.717) is 5.69 Å². The first-order chi connectivity index (χ1) is 7.61. The molecule has 0 saturated heterocycles. The molecule has 0 aliphatic rings. The molecule has 0 bridgehead atoms. The van der Waals surface area contributed by atoms with E-state index < -0.39 is 0 Å². The largest absolute Gasteiger partial charge is 0.311 e. The maximum Gasteiger partial charge on any atom is 0.166 e. The fourth-order valence-electron chi connectivity index (χ4n) is 2.08. The van der Waals surface area contributed by atoms with Gasteiger partial charge in [0.2, 0.25) is 0 Å². The number of aromatic nitrogens is 1. The molecule has 1 heterocycles. The van der Waals surface area contributed by atoms with Crippen molar-refractivity contribution < 1.29 is 4.79 Å². The van der Waals surface area contributed by atoms with Gasteiger partial charge in [-0.2, -0.15) is 0 Å². The highest BCUT2D eigenvalue weighted by Gasteiger charge is 2.06. The monoisotopic (exact) mass is 213 g/mol. The highest BCUT2D eigenvalue weighted by Crippen LogP contribution is 2.18. The van der Waals surface area contributed by atoms with E-state index in [1.165, 1.54) is 11.1 Å². The van der Waals surface area contributed by atoms with Gasteiger partial charge in [0, 0.05) is 11.4 Å². The van der Waals surface area contributed by atoms with Gasteiger partial charge >= 0.3 is 0 Å². The molecule has 1 aromatic carbocycles. The van der Waals surface area contributed by atoms with Crippen molar-refractivity contribution in [2.45, 2.75) is 20.8 Å². The van der Waals surface area contributed by atoms with Crippen LogP contribution in [0.1, 0.15) is 27.3 Å². The van der Waals surface area contributed by atoms with Crippen LogP contribution in [0.2, 0.25) is 0 Å². The molecule has 2 aromatic rings. The lowest BCUT2D eigenvalue weighted by molar-refractivity contribution is 0.111. The van der Waals surface area contributed by atoms with Crippen LogP contribution in [0.25, 0.3) is 5.69 Å². The Morgan fingerprint density at radius 2 is 1.62 bits per heavy atom. The van der Waals surface area contributed by atoms with E-state index >= 15 is 0 Å². The number of hydrogen-bond donors (Lipinski definition) is 0. The van der Waals surface area contributed by atoms with Crippen LogP contribution in [0.5, 0.6) is 0 Å². The second-order valence-corrected chi connectivity index (χ2v) is 4.20. The van der Waals surface area contributed by atoms with E-state index in [0.717, 1.165) is 17.7 Å². The van der Waals surface area contributed by atoms with Crippen LogP contribution in [0.4, 0.5) is 0 Å². The Balaban J connectivity index is 2.66. The van der Waals surface area contributed by atoms with Gasteiger partial charge in [-0.3, -0.25) is 4.79 Å². The quantitative estimate of drug-likeness (QED) is 0.702. The van der Waals surface area contributed by atoms with Crippen LogP contribution in [0, 0.1) is 20.8 Å². The Bertz CT molecular complexity index is 517. The van der Waals surface area contributed by atoms with Crippen molar-refractivity contribution in [1.82, 2.24) is 4.57 Å². The second kappa shape index (κ2) is 3.97. The Labute approximate surface area is 95.5 Å². The van der Waals surface area contributed by atoms with Gasteiger partial charge in [0.05, 0.1) is 5.69 Å². The number of aryl methyl sites for hydroxylation is 3. The molecular formula is C14H15NO. The molecule has 0 atom stereocenters. The Morgan fingerprint density at radius 3 is 2.19 bits per heavy atom. The van der Waals surface area contributed by atoms with Crippen molar-refractivity contribution in [2.24, 2.45) is 0 Å². The van der Waals surface area contributed by atoms with Crippen LogP contribution in [0.15, 0.2) is 30.3 Å². The Morgan fingerprint density at radius 1 is 1.00 bits per heavy atom. The third-order valence-corrected chi connectivity index (χ3v) is 2.69. The molecule has 0 spiro atoms. The molecule has 0 fully saturated rings. The minimum atomic E-state index is 0.697. The molecule has 1 aromatic heterocycles. The smallest absolute Gasteiger partial charge is 0.166 e. The molecule has 16 heavy (non-hydrogen) atoms. The fraction of sp³-hybridized carbons (Fsp3) is 0.214. The first-order valence-corrected chi connectivity index (χ1v) is 5.34. The van der Waals surface area contributed by atoms with Gasteiger partial charge < -0.3 is 4.57 Å². The standard InChI is InChI=1S/C14H15NO/c1-10-6-11(2)8-14(7-10)15-12(3)4-5-13(15)9-16/h4-9H,1-3H3. The van der Waals surface area contributed by atoms with Crippen LogP contribution in [0.3, 0.4) is 0 Å². The summed E-state index contributed by atoms with van der Waals surface area (Å²) in [4.78, 5) is 11.0. The number of rotatable bonds is 2. The highest BCUT2D eigenvalue weighted by molar-refractivity contribution is 5.74. The first kappa shape index (κ1) is 10.7. The van der Waals surface area contributed by atoms with E-state index in [2.05, 4.69) is 32.0 Å². The SMILES string of the molecule is Cc1cc(C)cc(-n2c(C)ccc2C=O)c1. The molecule has 2 heteroatoms. The zero-order valence-corrected chi connectivity index (χ0v) is 9.82. The number of aldehydes is 1. The summed E-state index contributed by atoms with van der Waals surface area (Å²) in [5.74, 6) is 0. The number of benzene rings is 1. The minimum Gasteiger partial charge on any atom is -0.311 e. The third kappa shape index (κ3) is 1.78. The van der Waals surface area contributed by atoms with E-state index in [9.17, 15) is 4.79 Å². The number of nitrogens with zero attached hydrogens (tertiary/aromatic N) is 1. The van der Waals surface area contributed by atoms with Gasteiger partial charge in [-0.05, 0) is 56.2 Å². The molecular weight excluding hydrogens is 198 g/mol. The first-order valence-electron chi connectivity index (χ1n) is 5.34. The highest BCUT2D eigenvalue weighted by atomic mass is 16.1. The molecule has 82 valence electrons. The molecule has 0 aliphatic heterocycles. The van der Waals surface area contributed by atoms with Gasteiger partial charge in [0.1, 0.15) is 0 Å². The van der Waals surface area contributed by atoms with Crippen molar-refractivity contribution in [3.8, 4) is 5.69 Å². The predicted octanol–water partition coefficient (Wildman–Crippen LogP) is 3.22. The average molecular weight is 213 g/mol. The maximum absolute atomic E-state index is 11.0. The Hall–Kier alpha value is -1.83. The van der Waals surface area contributed by atoms with Crippen LogP contribution in [-0.2, 0) is 0 Å². The van der Waals surface area contributed by atoms with E-state index in [1.807, 2.05) is 23.6 Å². The number of hydrogen-bond acceptors (Lipinski definition) is 1. The van der Waals surface area contributed by atoms with Gasteiger partial charge in [-0.15, -0.1) is 0 Å². The normalized spacial score (nSPS) is 10.4. The summed E-state index contributed by atoms with van der Waals surface area (Å²) in [5, 5.41) is 0. The summed E-state index contributed by atoms with van der Waals surface area (Å²) in [6.45, 7) is 6.14. The van der Waals surface area contributed by atoms with Gasteiger partial charge in [0.25, 0.3) is 0 Å². The lowest BCUT2D eigenvalue weighted by Gasteiger charge is -2.10. The van der Waals surface area contributed by atoms with Gasteiger partial charge in [-0.25, -0.2) is 0 Å². The lowest BCUT2D eigenvalue weighted by Crippen LogP contribution is -2.01. The summed E-state index contributed by atoms with van der Waals surface area (Å²) in [5.41, 5.74) is 5.25. The molecule has 2 nitrogen and oxygen atoms in total.